The van der Waals surface area contributed by atoms with Crippen LogP contribution in [0, 0.1) is 0 Å². The molecule has 0 saturated carbocycles. The van der Waals surface area contributed by atoms with Gasteiger partial charge < -0.3 is 15.8 Å². The second-order valence-electron chi connectivity index (χ2n) is 2.39. The number of nitrogens with one attached hydrogen (secondary N) is 1. The summed E-state index contributed by atoms with van der Waals surface area (Å²) in [6, 6.07) is 3.45. The second-order valence-corrected chi connectivity index (χ2v) is 2.39. The monoisotopic (exact) mass is 181 g/mol. The highest BCUT2D eigenvalue weighted by molar-refractivity contribution is 5.48. The maximum atomic E-state index is 9.99. The molecule has 0 aromatic carbocycles. The number of hydrogen-bond donors (Lipinski definition) is 2. The molecule has 1 aromatic heterocycles. The number of nitrogen functional groups attached to an aromatic ring is 1. The van der Waals surface area contributed by atoms with Gasteiger partial charge in [0.05, 0.1) is 19.3 Å². The standard InChI is InChI=1S/C8H11N3O2/c1-13-7-3-2-6(4-10-5-12)11-8(7)9/h2-3,5H,4H2,1H3,(H2,9,11)(H,10,12). The van der Waals surface area contributed by atoms with Crippen molar-refractivity contribution in [3.8, 4) is 5.75 Å². The molecule has 1 rings (SSSR count). The number of carbonyl (C=O) groups excluding carboxylic acids is 1. The molecule has 0 aliphatic rings. The van der Waals surface area contributed by atoms with Crippen molar-refractivity contribution in [1.82, 2.24) is 10.3 Å². The average Bonchev–Trinajstić information content (AvgIpc) is 2.15. The zero-order valence-corrected chi connectivity index (χ0v) is 7.28. The van der Waals surface area contributed by atoms with E-state index in [0.29, 0.717) is 30.2 Å². The Morgan fingerprint density at radius 3 is 3.00 bits per heavy atom. The van der Waals surface area contributed by atoms with Crippen molar-refractivity contribution in [2.45, 2.75) is 6.54 Å². The van der Waals surface area contributed by atoms with Crippen LogP contribution in [-0.4, -0.2) is 18.5 Å². The predicted octanol–water partition coefficient (Wildman–Crippen LogP) is -0.0816. The number of nitrogens with zero attached hydrogens (tertiary/aromatic N) is 1. The molecule has 0 aliphatic heterocycles. The molecule has 0 fully saturated rings. The van der Waals surface area contributed by atoms with E-state index >= 15 is 0 Å². The van der Waals surface area contributed by atoms with E-state index in [0.717, 1.165) is 0 Å². The fourth-order valence-electron chi connectivity index (χ4n) is 0.922. The molecule has 0 spiro atoms. The largest absolute Gasteiger partial charge is 0.493 e. The van der Waals surface area contributed by atoms with Crippen molar-refractivity contribution < 1.29 is 9.53 Å². The fourth-order valence-corrected chi connectivity index (χ4v) is 0.922. The number of anilines is 1. The van der Waals surface area contributed by atoms with Gasteiger partial charge >= 0.3 is 0 Å². The predicted molar refractivity (Wildman–Crippen MR) is 48.1 cm³/mol. The minimum Gasteiger partial charge on any atom is -0.493 e. The highest BCUT2D eigenvalue weighted by Gasteiger charge is 2.01. The van der Waals surface area contributed by atoms with Crippen molar-refractivity contribution in [2.24, 2.45) is 0 Å². The molecule has 0 bridgehead atoms. The van der Waals surface area contributed by atoms with E-state index in [-0.39, 0.29) is 0 Å². The van der Waals surface area contributed by atoms with Crippen LogP contribution in [0.1, 0.15) is 5.69 Å². The van der Waals surface area contributed by atoms with E-state index in [2.05, 4.69) is 10.3 Å². The van der Waals surface area contributed by atoms with Crippen LogP contribution in [0.5, 0.6) is 5.75 Å². The summed E-state index contributed by atoms with van der Waals surface area (Å²) >= 11 is 0. The maximum absolute atomic E-state index is 9.99. The molecule has 0 saturated heterocycles. The molecule has 0 unspecified atom stereocenters. The summed E-state index contributed by atoms with van der Waals surface area (Å²) in [5.74, 6) is 0.863. The number of hydrogen-bond acceptors (Lipinski definition) is 4. The Morgan fingerprint density at radius 2 is 2.46 bits per heavy atom. The smallest absolute Gasteiger partial charge is 0.207 e. The van der Waals surface area contributed by atoms with E-state index in [1.54, 1.807) is 12.1 Å². The SMILES string of the molecule is COc1ccc(CNC=O)nc1N. The Bertz CT molecular complexity index is 301. The van der Waals surface area contributed by atoms with Crippen molar-refractivity contribution >= 4 is 12.2 Å². The van der Waals surface area contributed by atoms with Gasteiger partial charge in [-0.2, -0.15) is 0 Å². The van der Waals surface area contributed by atoms with E-state index in [1.165, 1.54) is 7.11 Å². The molecule has 3 N–H and O–H groups in total. The molecular formula is C8H11N3O2. The summed E-state index contributed by atoms with van der Waals surface area (Å²) in [6.07, 6.45) is 0.613. The Kier molecular flexibility index (Phi) is 3.08. The van der Waals surface area contributed by atoms with Crippen molar-refractivity contribution in [3.63, 3.8) is 0 Å². The van der Waals surface area contributed by atoms with Crippen molar-refractivity contribution in [1.29, 1.82) is 0 Å². The highest BCUT2D eigenvalue weighted by atomic mass is 16.5. The van der Waals surface area contributed by atoms with Crippen LogP contribution in [0.2, 0.25) is 0 Å². The second kappa shape index (κ2) is 4.30. The first-order valence-electron chi connectivity index (χ1n) is 3.74. The quantitative estimate of drug-likeness (QED) is 0.637. The molecular weight excluding hydrogens is 170 g/mol. The molecule has 1 aromatic rings. The summed E-state index contributed by atoms with van der Waals surface area (Å²) < 4.78 is 4.93. The molecule has 0 radical (unpaired) electrons. The number of methoxy groups -OCH3 is 1. The first-order valence-corrected chi connectivity index (χ1v) is 3.74. The molecule has 0 atom stereocenters. The van der Waals surface area contributed by atoms with E-state index in [1.807, 2.05) is 0 Å². The molecule has 0 aliphatic carbocycles. The van der Waals surface area contributed by atoms with E-state index < -0.39 is 0 Å². The van der Waals surface area contributed by atoms with Gasteiger partial charge in [0.1, 0.15) is 0 Å². The van der Waals surface area contributed by atoms with Crippen molar-refractivity contribution in [2.75, 3.05) is 12.8 Å². The van der Waals surface area contributed by atoms with Gasteiger partial charge in [-0.05, 0) is 12.1 Å². The van der Waals surface area contributed by atoms with Gasteiger partial charge in [-0.15, -0.1) is 0 Å². The number of rotatable bonds is 4. The molecule has 70 valence electrons. The van der Waals surface area contributed by atoms with Gasteiger partial charge in [0.25, 0.3) is 0 Å². The Labute approximate surface area is 75.9 Å². The van der Waals surface area contributed by atoms with Gasteiger partial charge in [0.15, 0.2) is 11.6 Å². The summed E-state index contributed by atoms with van der Waals surface area (Å²) in [4.78, 5) is 14.0. The number of ether oxygens (including phenoxy) is 1. The molecule has 5 nitrogen and oxygen atoms in total. The van der Waals surface area contributed by atoms with Gasteiger partial charge in [0, 0.05) is 0 Å². The Balaban J connectivity index is 2.76. The molecule has 13 heavy (non-hydrogen) atoms. The van der Waals surface area contributed by atoms with Gasteiger partial charge in [-0.25, -0.2) is 4.98 Å². The first kappa shape index (κ1) is 9.31. The topological polar surface area (TPSA) is 77.2 Å². The lowest BCUT2D eigenvalue weighted by molar-refractivity contribution is -0.109. The van der Waals surface area contributed by atoms with Gasteiger partial charge in [0.2, 0.25) is 6.41 Å². The van der Waals surface area contributed by atoms with E-state index in [4.69, 9.17) is 10.5 Å². The van der Waals surface area contributed by atoms with Crippen molar-refractivity contribution in [3.05, 3.63) is 17.8 Å². The van der Waals surface area contributed by atoms with Crippen LogP contribution in [0.4, 0.5) is 5.82 Å². The lowest BCUT2D eigenvalue weighted by Crippen LogP contribution is -2.11. The van der Waals surface area contributed by atoms with Crippen LogP contribution < -0.4 is 15.8 Å². The summed E-state index contributed by atoms with van der Waals surface area (Å²) in [5, 5.41) is 2.49. The Morgan fingerprint density at radius 1 is 1.69 bits per heavy atom. The van der Waals surface area contributed by atoms with Crippen LogP contribution in [0.3, 0.4) is 0 Å². The normalized spacial score (nSPS) is 9.31. The molecule has 5 heteroatoms. The zero-order chi connectivity index (χ0) is 9.68. The van der Waals surface area contributed by atoms with Crippen LogP contribution in [0.25, 0.3) is 0 Å². The number of pyridine rings is 1. The first-order chi connectivity index (χ1) is 6.27. The summed E-state index contributed by atoms with van der Waals surface area (Å²) in [5.41, 5.74) is 6.25. The zero-order valence-electron chi connectivity index (χ0n) is 7.28. The molecule has 1 amide bonds. The minimum absolute atomic E-state index is 0.327. The number of amides is 1. The summed E-state index contributed by atoms with van der Waals surface area (Å²) in [6.45, 7) is 0.373. The van der Waals surface area contributed by atoms with Gasteiger partial charge in [-0.3, -0.25) is 4.79 Å². The van der Waals surface area contributed by atoms with Crippen LogP contribution in [-0.2, 0) is 11.3 Å². The number of nitrogens with two attached hydrogens (primary N) is 1. The third-order valence-electron chi connectivity index (χ3n) is 1.53. The average molecular weight is 181 g/mol. The molecule has 1 heterocycles. The van der Waals surface area contributed by atoms with Gasteiger partial charge in [-0.1, -0.05) is 0 Å². The van der Waals surface area contributed by atoms with Crippen LogP contribution >= 0.6 is 0 Å². The van der Waals surface area contributed by atoms with Crippen LogP contribution in [0.15, 0.2) is 12.1 Å². The lowest BCUT2D eigenvalue weighted by atomic mass is 10.3. The number of aromatic nitrogens is 1. The summed E-state index contributed by atoms with van der Waals surface area (Å²) in [7, 11) is 1.52. The minimum atomic E-state index is 0.327. The Hall–Kier alpha value is -1.78. The number of carbonyl (C=O) groups is 1. The third kappa shape index (κ3) is 2.33. The fraction of sp³-hybridized carbons (Fsp3) is 0.250. The highest BCUT2D eigenvalue weighted by Crippen LogP contribution is 2.17. The third-order valence-corrected chi connectivity index (χ3v) is 1.53. The lowest BCUT2D eigenvalue weighted by Gasteiger charge is -2.05. The maximum Gasteiger partial charge on any atom is 0.207 e. The van der Waals surface area contributed by atoms with E-state index in [9.17, 15) is 4.79 Å².